The molecule has 1 N–H and O–H groups in total. The third-order valence-corrected chi connectivity index (χ3v) is 3.83. The molecular weight excluding hydrogens is 258 g/mol. The van der Waals surface area contributed by atoms with Gasteiger partial charge in [0.2, 0.25) is 0 Å². The summed E-state index contributed by atoms with van der Waals surface area (Å²) < 4.78 is 2.13. The second kappa shape index (κ2) is 7.41. The summed E-state index contributed by atoms with van der Waals surface area (Å²) in [5, 5.41) is 8.28. The van der Waals surface area contributed by atoms with Crippen molar-refractivity contribution in [3.8, 4) is 0 Å². The Morgan fingerprint density at radius 3 is 2.43 bits per heavy atom. The molecule has 1 aromatic carbocycles. The molecule has 0 spiro atoms. The topological polar surface area (TPSA) is 29.9 Å². The van der Waals surface area contributed by atoms with Gasteiger partial charge in [0.15, 0.2) is 0 Å². The summed E-state index contributed by atoms with van der Waals surface area (Å²) in [5.41, 5.74) is 2.54. The highest BCUT2D eigenvalue weighted by atomic mass is 15.3. The van der Waals surface area contributed by atoms with E-state index >= 15 is 0 Å². The first-order chi connectivity index (χ1) is 10.1. The molecule has 21 heavy (non-hydrogen) atoms. The van der Waals surface area contributed by atoms with E-state index in [4.69, 9.17) is 0 Å². The average molecular weight is 285 g/mol. The van der Waals surface area contributed by atoms with Crippen LogP contribution in [0.1, 0.15) is 50.4 Å². The number of benzene rings is 1. The molecular formula is C18H27N3. The maximum Gasteiger partial charge on any atom is 0.0736 e. The number of hydrogen-bond donors (Lipinski definition) is 1. The van der Waals surface area contributed by atoms with Crippen molar-refractivity contribution in [2.24, 2.45) is 5.92 Å². The Morgan fingerprint density at radius 1 is 1.19 bits per heavy atom. The molecule has 2 unspecified atom stereocenters. The van der Waals surface area contributed by atoms with Crippen molar-refractivity contribution in [1.82, 2.24) is 15.1 Å². The van der Waals surface area contributed by atoms with Gasteiger partial charge in [-0.15, -0.1) is 0 Å². The molecule has 0 saturated carbocycles. The number of aromatic nitrogens is 2. The van der Waals surface area contributed by atoms with Crippen molar-refractivity contribution in [2.45, 2.75) is 46.2 Å². The lowest BCUT2D eigenvalue weighted by Crippen LogP contribution is -2.34. The smallest absolute Gasteiger partial charge is 0.0736 e. The summed E-state index contributed by atoms with van der Waals surface area (Å²) in [6.45, 7) is 9.86. The highest BCUT2D eigenvalue weighted by Gasteiger charge is 2.27. The Balaban J connectivity index is 2.35. The minimum Gasteiger partial charge on any atom is -0.308 e. The Morgan fingerprint density at radius 2 is 1.90 bits per heavy atom. The summed E-state index contributed by atoms with van der Waals surface area (Å²) in [4.78, 5) is 0. The molecule has 2 aromatic rings. The van der Waals surface area contributed by atoms with E-state index in [-0.39, 0.29) is 6.04 Å². The second-order valence-electron chi connectivity index (χ2n) is 6.07. The van der Waals surface area contributed by atoms with Crippen molar-refractivity contribution in [1.29, 1.82) is 0 Å². The summed E-state index contributed by atoms with van der Waals surface area (Å²) in [7, 11) is 0. The number of hydrogen-bond acceptors (Lipinski definition) is 2. The molecule has 0 aliphatic carbocycles. The van der Waals surface area contributed by atoms with Gasteiger partial charge in [0.25, 0.3) is 0 Å². The van der Waals surface area contributed by atoms with Gasteiger partial charge in [0.05, 0.1) is 18.3 Å². The van der Waals surface area contributed by atoms with E-state index in [1.165, 1.54) is 11.1 Å². The normalized spacial score (nSPS) is 14.3. The van der Waals surface area contributed by atoms with E-state index in [0.717, 1.165) is 13.0 Å². The van der Waals surface area contributed by atoms with Crippen molar-refractivity contribution < 1.29 is 0 Å². The van der Waals surface area contributed by atoms with Crippen LogP contribution >= 0.6 is 0 Å². The molecule has 1 heterocycles. The first-order valence-corrected chi connectivity index (χ1v) is 7.92. The van der Waals surface area contributed by atoms with E-state index < -0.39 is 0 Å². The van der Waals surface area contributed by atoms with Gasteiger partial charge in [-0.25, -0.2) is 0 Å². The Labute approximate surface area is 128 Å². The fourth-order valence-electron chi connectivity index (χ4n) is 2.84. The molecule has 0 aliphatic heterocycles. The molecule has 0 saturated heterocycles. The summed E-state index contributed by atoms with van der Waals surface area (Å²) in [6.07, 6.45) is 5.22. The van der Waals surface area contributed by atoms with E-state index in [9.17, 15) is 0 Å². The van der Waals surface area contributed by atoms with Crippen molar-refractivity contribution in [3.63, 3.8) is 0 Å². The van der Waals surface area contributed by atoms with E-state index in [1.54, 1.807) is 0 Å². The molecule has 0 bridgehead atoms. The zero-order chi connectivity index (χ0) is 15.2. The standard InChI is InChI=1S/C18H27N3/c1-5-11-19-17(16-9-7-6-8-10-16)18(14(2)3)21-13-15(4)12-20-21/h6-10,12-14,17-19H,5,11H2,1-4H3. The zero-order valence-electron chi connectivity index (χ0n) is 13.6. The first kappa shape index (κ1) is 15.8. The van der Waals surface area contributed by atoms with Crippen LogP contribution in [0.25, 0.3) is 0 Å². The van der Waals surface area contributed by atoms with Crippen LogP contribution in [-0.4, -0.2) is 16.3 Å². The fraction of sp³-hybridized carbons (Fsp3) is 0.500. The molecule has 2 atom stereocenters. The molecule has 0 amide bonds. The van der Waals surface area contributed by atoms with Crippen molar-refractivity contribution in [2.75, 3.05) is 6.54 Å². The van der Waals surface area contributed by atoms with Gasteiger partial charge >= 0.3 is 0 Å². The van der Waals surface area contributed by atoms with Crippen molar-refractivity contribution >= 4 is 0 Å². The largest absolute Gasteiger partial charge is 0.308 e. The quantitative estimate of drug-likeness (QED) is 0.829. The minimum atomic E-state index is 0.283. The predicted molar refractivity (Wildman–Crippen MR) is 88.3 cm³/mol. The van der Waals surface area contributed by atoms with Gasteiger partial charge in [-0.1, -0.05) is 51.1 Å². The lowest BCUT2D eigenvalue weighted by molar-refractivity contribution is 0.259. The Bertz CT molecular complexity index is 530. The minimum absolute atomic E-state index is 0.283. The summed E-state index contributed by atoms with van der Waals surface area (Å²) >= 11 is 0. The van der Waals surface area contributed by atoms with Crippen LogP contribution in [0.15, 0.2) is 42.7 Å². The van der Waals surface area contributed by atoms with Crippen LogP contribution in [0.4, 0.5) is 0 Å². The lowest BCUT2D eigenvalue weighted by atomic mass is 9.91. The molecule has 0 aliphatic rings. The maximum absolute atomic E-state index is 4.57. The average Bonchev–Trinajstić information content (AvgIpc) is 2.90. The molecule has 3 nitrogen and oxygen atoms in total. The van der Waals surface area contributed by atoms with Gasteiger partial charge in [-0.2, -0.15) is 5.10 Å². The molecule has 3 heteroatoms. The predicted octanol–water partition coefficient (Wildman–Crippen LogP) is 4.13. The molecule has 1 aromatic heterocycles. The van der Waals surface area contributed by atoms with Crippen LogP contribution in [0.3, 0.4) is 0 Å². The molecule has 0 radical (unpaired) electrons. The number of aryl methyl sites for hydroxylation is 1. The van der Waals surface area contributed by atoms with Crippen molar-refractivity contribution in [3.05, 3.63) is 53.9 Å². The highest BCUT2D eigenvalue weighted by Crippen LogP contribution is 2.32. The monoisotopic (exact) mass is 285 g/mol. The van der Waals surface area contributed by atoms with Crippen LogP contribution in [0.5, 0.6) is 0 Å². The number of nitrogens with one attached hydrogen (secondary N) is 1. The molecule has 114 valence electrons. The Hall–Kier alpha value is -1.61. The maximum atomic E-state index is 4.57. The molecule has 0 fully saturated rings. The van der Waals surface area contributed by atoms with E-state index in [0.29, 0.717) is 12.0 Å². The van der Waals surface area contributed by atoms with E-state index in [1.807, 2.05) is 6.20 Å². The summed E-state index contributed by atoms with van der Waals surface area (Å²) in [5.74, 6) is 0.499. The van der Waals surface area contributed by atoms with Crippen LogP contribution in [0, 0.1) is 12.8 Å². The zero-order valence-corrected chi connectivity index (χ0v) is 13.6. The van der Waals surface area contributed by atoms with Crippen LogP contribution < -0.4 is 5.32 Å². The SMILES string of the molecule is CCCNC(c1ccccc1)C(C(C)C)n1cc(C)cn1. The van der Waals surface area contributed by atoms with Gasteiger partial charge in [-0.05, 0) is 36.9 Å². The first-order valence-electron chi connectivity index (χ1n) is 7.92. The molecule has 2 rings (SSSR count). The van der Waals surface area contributed by atoms with Gasteiger partial charge in [0.1, 0.15) is 0 Å². The van der Waals surface area contributed by atoms with E-state index in [2.05, 4.69) is 79.3 Å². The van der Waals surface area contributed by atoms with Crippen LogP contribution in [0.2, 0.25) is 0 Å². The second-order valence-corrected chi connectivity index (χ2v) is 6.07. The summed E-state index contributed by atoms with van der Waals surface area (Å²) in [6, 6.07) is 11.3. The number of rotatable bonds is 7. The van der Waals surface area contributed by atoms with Gasteiger partial charge in [0, 0.05) is 6.20 Å². The fourth-order valence-corrected chi connectivity index (χ4v) is 2.84. The third kappa shape index (κ3) is 3.94. The lowest BCUT2D eigenvalue weighted by Gasteiger charge is -2.32. The van der Waals surface area contributed by atoms with Gasteiger partial charge in [-0.3, -0.25) is 4.68 Å². The van der Waals surface area contributed by atoms with Gasteiger partial charge < -0.3 is 5.32 Å². The third-order valence-electron chi connectivity index (χ3n) is 3.83. The van der Waals surface area contributed by atoms with Crippen LogP contribution in [-0.2, 0) is 0 Å². The Kier molecular flexibility index (Phi) is 5.57. The highest BCUT2D eigenvalue weighted by molar-refractivity contribution is 5.21. The number of nitrogens with zero attached hydrogens (tertiary/aromatic N) is 2.